The van der Waals surface area contributed by atoms with Crippen molar-refractivity contribution in [2.45, 2.75) is 56.7 Å². The predicted octanol–water partition coefficient (Wildman–Crippen LogP) is 1.52. The molecule has 3 aliphatic rings. The van der Waals surface area contributed by atoms with Crippen LogP contribution in [0.4, 0.5) is 10.5 Å². The van der Waals surface area contributed by atoms with Gasteiger partial charge in [-0.15, -0.1) is 11.8 Å². The van der Waals surface area contributed by atoms with Gasteiger partial charge in [0, 0.05) is 47.4 Å². The number of β-lactam (4-membered cyclic amide) rings is 1. The number of carbonyl (C=O) groups is 3. The second-order valence-electron chi connectivity index (χ2n) is 10.5. The van der Waals surface area contributed by atoms with Crippen LogP contribution in [0.1, 0.15) is 32.3 Å². The topological polar surface area (TPSA) is 197 Å². The summed E-state index contributed by atoms with van der Waals surface area (Å²) in [4.78, 5) is 51.8. The molecule has 1 aromatic carbocycles. The SMILES string of the molecule is C[C@@H](O)[C@H]1C(=O)N2C(C(=O)O)=C(S[C@H]3C[C@@H](C(CN)CCO)N(C(=O)OCc4ccc([N+](=O)[O-])cc4)C3)[C@H](C)[C@H]12. The number of non-ortho nitro benzene ring substituents is 1. The highest BCUT2D eigenvalue weighted by atomic mass is 32.2. The highest BCUT2D eigenvalue weighted by Crippen LogP contribution is 2.52. The van der Waals surface area contributed by atoms with Gasteiger partial charge in [0.1, 0.15) is 12.3 Å². The molecule has 2 amide bonds. The van der Waals surface area contributed by atoms with Crippen LogP contribution in [0.15, 0.2) is 34.9 Å². The van der Waals surface area contributed by atoms with E-state index in [2.05, 4.69) is 0 Å². The van der Waals surface area contributed by atoms with Crippen LogP contribution in [0.25, 0.3) is 0 Å². The molecule has 5 N–H and O–H groups in total. The lowest BCUT2D eigenvalue weighted by Crippen LogP contribution is -2.63. The van der Waals surface area contributed by atoms with Crippen molar-refractivity contribution in [1.29, 1.82) is 0 Å². The fourth-order valence-corrected chi connectivity index (χ4v) is 7.54. The van der Waals surface area contributed by atoms with Gasteiger partial charge in [0.15, 0.2) is 0 Å². The molecule has 1 unspecified atom stereocenters. The molecule has 0 aliphatic carbocycles. The molecule has 0 radical (unpaired) electrons. The number of nitrogens with zero attached hydrogens (tertiary/aromatic N) is 3. The quantitative estimate of drug-likeness (QED) is 0.169. The molecule has 4 rings (SSSR count). The average molecular weight is 579 g/mol. The van der Waals surface area contributed by atoms with Gasteiger partial charge >= 0.3 is 12.1 Å². The Morgan fingerprint density at radius 1 is 1.30 bits per heavy atom. The Morgan fingerprint density at radius 3 is 2.52 bits per heavy atom. The number of benzene rings is 1. The number of carboxylic acid groups (broad SMARTS) is 1. The molecule has 7 atom stereocenters. The number of aliphatic hydroxyl groups is 2. The number of fused-ring (bicyclic) bond motifs is 1. The predicted molar refractivity (Wildman–Crippen MR) is 144 cm³/mol. The molecule has 0 aromatic heterocycles. The number of aliphatic carboxylic acids is 1. The monoisotopic (exact) mass is 578 g/mol. The molecule has 0 spiro atoms. The average Bonchev–Trinajstić information content (AvgIpc) is 3.43. The van der Waals surface area contributed by atoms with E-state index in [1.54, 1.807) is 4.90 Å². The third-order valence-electron chi connectivity index (χ3n) is 8.00. The normalized spacial score (nSPS) is 27.3. The van der Waals surface area contributed by atoms with Crippen LogP contribution in [0, 0.1) is 27.9 Å². The maximum atomic E-state index is 13.2. The second-order valence-corrected chi connectivity index (χ2v) is 11.8. The summed E-state index contributed by atoms with van der Waals surface area (Å²) in [6, 6.07) is 4.86. The molecule has 14 heteroatoms. The molecular weight excluding hydrogens is 544 g/mol. The molecule has 13 nitrogen and oxygen atoms in total. The minimum atomic E-state index is -1.22. The van der Waals surface area contributed by atoms with Gasteiger partial charge in [-0.05, 0) is 49.9 Å². The fourth-order valence-electron chi connectivity index (χ4n) is 6.00. The van der Waals surface area contributed by atoms with E-state index in [9.17, 15) is 39.8 Å². The van der Waals surface area contributed by atoms with Gasteiger partial charge in [-0.2, -0.15) is 0 Å². The van der Waals surface area contributed by atoms with Crippen molar-refractivity contribution in [1.82, 2.24) is 9.80 Å². The Balaban J connectivity index is 1.51. The van der Waals surface area contributed by atoms with E-state index < -0.39 is 41.0 Å². The van der Waals surface area contributed by atoms with Crippen molar-refractivity contribution in [3.63, 3.8) is 0 Å². The van der Waals surface area contributed by atoms with E-state index in [0.717, 1.165) is 0 Å². The number of likely N-dealkylation sites (tertiary alicyclic amines) is 1. The molecule has 3 aliphatic heterocycles. The van der Waals surface area contributed by atoms with Crippen LogP contribution in [0.3, 0.4) is 0 Å². The fraction of sp³-hybridized carbons (Fsp3) is 0.577. The zero-order valence-electron chi connectivity index (χ0n) is 22.2. The van der Waals surface area contributed by atoms with Crippen LogP contribution in [0.2, 0.25) is 0 Å². The first-order valence-corrected chi connectivity index (χ1v) is 14.0. The maximum absolute atomic E-state index is 13.2. The third-order valence-corrected chi connectivity index (χ3v) is 9.49. The first kappa shape index (κ1) is 29.8. The number of nitrogens with two attached hydrogens (primary N) is 1. The van der Waals surface area contributed by atoms with Crippen molar-refractivity contribution >= 4 is 35.4 Å². The molecule has 3 heterocycles. The van der Waals surface area contributed by atoms with E-state index in [0.29, 0.717) is 23.3 Å². The van der Waals surface area contributed by atoms with Crippen molar-refractivity contribution in [2.24, 2.45) is 23.5 Å². The van der Waals surface area contributed by atoms with Gasteiger partial charge in [0.05, 0.1) is 23.0 Å². The molecular formula is C26H34N4O9S. The van der Waals surface area contributed by atoms with E-state index in [1.807, 2.05) is 6.92 Å². The van der Waals surface area contributed by atoms with Crippen LogP contribution in [-0.4, -0.2) is 91.1 Å². The minimum Gasteiger partial charge on any atom is -0.477 e. The molecule has 0 bridgehead atoms. The van der Waals surface area contributed by atoms with Gasteiger partial charge in [-0.1, -0.05) is 6.92 Å². The summed E-state index contributed by atoms with van der Waals surface area (Å²) < 4.78 is 5.53. The van der Waals surface area contributed by atoms with Gasteiger partial charge in [-0.3, -0.25) is 14.9 Å². The molecule has 40 heavy (non-hydrogen) atoms. The number of carboxylic acids is 1. The summed E-state index contributed by atoms with van der Waals surface area (Å²) in [5, 5.41) is 40.3. The van der Waals surface area contributed by atoms with Gasteiger partial charge in [0.2, 0.25) is 5.91 Å². The zero-order chi connectivity index (χ0) is 29.3. The van der Waals surface area contributed by atoms with Crippen molar-refractivity contribution in [3.8, 4) is 0 Å². The summed E-state index contributed by atoms with van der Waals surface area (Å²) in [6.07, 6.45) is -0.676. The lowest BCUT2D eigenvalue weighted by molar-refractivity contribution is -0.384. The van der Waals surface area contributed by atoms with Gasteiger partial charge < -0.3 is 35.6 Å². The summed E-state index contributed by atoms with van der Waals surface area (Å²) in [6.45, 7) is 3.60. The number of thioether (sulfide) groups is 1. The lowest BCUT2D eigenvalue weighted by atomic mass is 9.79. The highest BCUT2D eigenvalue weighted by Gasteiger charge is 2.60. The summed E-state index contributed by atoms with van der Waals surface area (Å²) in [5.41, 5.74) is 6.41. The van der Waals surface area contributed by atoms with Gasteiger partial charge in [0.25, 0.3) is 5.69 Å². The second kappa shape index (κ2) is 12.1. The molecule has 218 valence electrons. The third kappa shape index (κ3) is 5.53. The summed E-state index contributed by atoms with van der Waals surface area (Å²) in [7, 11) is 0. The Hall–Kier alpha value is -3.20. The number of hydrogen-bond acceptors (Lipinski definition) is 10. The Labute approximate surface area is 235 Å². The summed E-state index contributed by atoms with van der Waals surface area (Å²) >= 11 is 1.32. The number of aliphatic hydroxyl groups excluding tert-OH is 2. The first-order valence-electron chi connectivity index (χ1n) is 13.1. The number of hydrogen-bond donors (Lipinski definition) is 4. The number of rotatable bonds is 11. The van der Waals surface area contributed by atoms with E-state index in [-0.39, 0.29) is 60.8 Å². The Morgan fingerprint density at radius 2 is 1.98 bits per heavy atom. The zero-order valence-corrected chi connectivity index (χ0v) is 23.0. The van der Waals surface area contributed by atoms with Crippen molar-refractivity contribution in [3.05, 3.63) is 50.5 Å². The lowest BCUT2D eigenvalue weighted by Gasteiger charge is -2.46. The standard InChI is InChI=1S/C26H34N4O9S/c1-13-21-20(14(2)32)24(33)29(21)22(25(34)35)23(13)40-18-9-19(16(10-27)7-8-31)28(11-18)26(36)39-12-15-3-5-17(6-4-15)30(37)38/h3-6,13-14,16,18-21,31-32H,7-12,27H2,1-2H3,(H,34,35)/t13-,14-,16?,18+,19+,20-,21-/m1/s1. The smallest absolute Gasteiger partial charge is 0.410 e. The minimum absolute atomic E-state index is 0.0771. The van der Waals surface area contributed by atoms with E-state index in [4.69, 9.17) is 10.5 Å². The van der Waals surface area contributed by atoms with Crippen molar-refractivity contribution in [2.75, 3.05) is 19.7 Å². The Kier molecular flexibility index (Phi) is 9.02. The first-order chi connectivity index (χ1) is 19.0. The van der Waals surface area contributed by atoms with Crippen molar-refractivity contribution < 1.29 is 39.4 Å². The number of nitro benzene ring substituents is 1. The van der Waals surface area contributed by atoms with Crippen LogP contribution in [-0.2, 0) is 20.9 Å². The van der Waals surface area contributed by atoms with Crippen LogP contribution < -0.4 is 5.73 Å². The highest BCUT2D eigenvalue weighted by molar-refractivity contribution is 8.03. The number of nitro groups is 1. The van der Waals surface area contributed by atoms with E-state index >= 15 is 0 Å². The number of amides is 2. The summed E-state index contributed by atoms with van der Waals surface area (Å²) in [5.74, 6) is -2.83. The van der Waals surface area contributed by atoms with E-state index in [1.165, 1.54) is 47.9 Å². The van der Waals surface area contributed by atoms with Gasteiger partial charge in [-0.25, -0.2) is 9.59 Å². The molecule has 0 saturated carbocycles. The molecule has 2 saturated heterocycles. The van der Waals surface area contributed by atoms with Crippen LogP contribution in [0.5, 0.6) is 0 Å². The maximum Gasteiger partial charge on any atom is 0.410 e. The largest absolute Gasteiger partial charge is 0.477 e. The Bertz CT molecular complexity index is 1190. The molecule has 2 fully saturated rings. The number of ether oxygens (including phenoxy) is 1. The van der Waals surface area contributed by atoms with Crippen LogP contribution >= 0.6 is 11.8 Å². The molecule has 1 aromatic rings. The number of carbonyl (C=O) groups excluding carboxylic acids is 2.